The Morgan fingerprint density at radius 2 is 2.00 bits per heavy atom. The Hall–Kier alpha value is -1.26. The van der Waals surface area contributed by atoms with E-state index >= 15 is 0 Å². The molecule has 6 heteroatoms. The van der Waals surface area contributed by atoms with E-state index in [0.29, 0.717) is 0 Å². The molecule has 0 aliphatic heterocycles. The molecule has 0 amide bonds. The van der Waals surface area contributed by atoms with Crippen LogP contribution in [0.5, 0.6) is 0 Å². The fourth-order valence-corrected chi connectivity index (χ4v) is 2.21. The van der Waals surface area contributed by atoms with E-state index in [4.69, 9.17) is 18.6 Å². The molecule has 0 atom stereocenters. The van der Waals surface area contributed by atoms with Gasteiger partial charge >= 0.3 is 35.6 Å². The molecule has 3 nitrogen and oxygen atoms in total. The third-order valence-corrected chi connectivity index (χ3v) is 3.35. The van der Waals surface area contributed by atoms with Gasteiger partial charge in [-0.05, 0) is 5.69 Å². The SMILES string of the molecule is CC1(C)[C-]=CC=C1.[Cl][Ti][Cl].c1ccc2[cH-]c(-n3cncn3)cc2c1. The second-order valence-electron chi connectivity index (χ2n) is 5.65. The molecule has 2 aromatic carbocycles. The van der Waals surface area contributed by atoms with Gasteiger partial charge in [-0.2, -0.15) is 11.2 Å². The maximum atomic E-state index is 4.89. The monoisotopic (exact) mass is 393 g/mol. The van der Waals surface area contributed by atoms with Crippen molar-refractivity contribution >= 4 is 29.4 Å². The van der Waals surface area contributed by atoms with E-state index in [9.17, 15) is 0 Å². The molecule has 1 heterocycles. The third kappa shape index (κ3) is 5.68. The van der Waals surface area contributed by atoms with Crippen molar-refractivity contribution in [2.75, 3.05) is 0 Å². The van der Waals surface area contributed by atoms with E-state index in [0.717, 1.165) is 5.69 Å². The van der Waals surface area contributed by atoms with Crippen molar-refractivity contribution in [1.82, 2.24) is 14.8 Å². The van der Waals surface area contributed by atoms with Crippen molar-refractivity contribution in [2.45, 2.75) is 13.8 Å². The fourth-order valence-electron chi connectivity index (χ4n) is 2.21. The van der Waals surface area contributed by atoms with Crippen molar-refractivity contribution in [1.29, 1.82) is 0 Å². The summed E-state index contributed by atoms with van der Waals surface area (Å²) >= 11 is -0.556. The normalized spacial score (nSPS) is 13.8. The van der Waals surface area contributed by atoms with Crippen molar-refractivity contribution in [2.24, 2.45) is 5.41 Å². The van der Waals surface area contributed by atoms with Crippen LogP contribution in [0.1, 0.15) is 13.8 Å². The van der Waals surface area contributed by atoms with Gasteiger partial charge in [-0.1, -0.05) is 25.3 Å². The van der Waals surface area contributed by atoms with Gasteiger partial charge in [-0.3, -0.25) is 6.08 Å². The minimum atomic E-state index is -0.556. The minimum Gasteiger partial charge on any atom is -0.240 e. The van der Waals surface area contributed by atoms with Crippen LogP contribution in [0.2, 0.25) is 0 Å². The van der Waals surface area contributed by atoms with Crippen LogP contribution in [0.25, 0.3) is 16.5 Å². The summed E-state index contributed by atoms with van der Waals surface area (Å²) in [4.78, 5) is 3.92. The first-order chi connectivity index (χ1) is 11.6. The van der Waals surface area contributed by atoms with Crippen LogP contribution < -0.4 is 0 Å². The summed E-state index contributed by atoms with van der Waals surface area (Å²) in [7, 11) is 9.78. The number of allylic oxidation sites excluding steroid dienone is 4. The number of hydrogen-bond acceptors (Lipinski definition) is 2. The number of benzene rings is 1. The summed E-state index contributed by atoms with van der Waals surface area (Å²) in [6, 6.07) is 12.5. The molecule has 124 valence electrons. The van der Waals surface area contributed by atoms with Gasteiger partial charge in [0.15, 0.2) is 0 Å². The van der Waals surface area contributed by atoms with Crippen LogP contribution in [0.15, 0.2) is 67.3 Å². The number of halogens is 2. The molecule has 0 unspecified atom stereocenters. The molecule has 0 radical (unpaired) electrons. The Morgan fingerprint density at radius 1 is 1.25 bits per heavy atom. The van der Waals surface area contributed by atoms with Crippen molar-refractivity contribution in [3.8, 4) is 5.69 Å². The molecule has 24 heavy (non-hydrogen) atoms. The standard InChI is InChI=1S/C11H8N3.C7H9.2ClH.Ti/c1-2-4-10-6-11(5-9(10)3-1)14-8-12-7-13-14;1-7(2)5-3-4-6-7;;;/h1-8H;3-5H,1-2H3;2*1H;/q2*-1;;;+2/p-2. The molecule has 4 rings (SSSR count). The number of hydrogen-bond donors (Lipinski definition) is 0. The Morgan fingerprint density at radius 3 is 2.50 bits per heavy atom. The smallest absolute Gasteiger partial charge is 0.138 e. The molecule has 3 aromatic rings. The first-order valence-electron chi connectivity index (χ1n) is 7.31. The third-order valence-electron chi connectivity index (χ3n) is 3.35. The van der Waals surface area contributed by atoms with Crippen LogP contribution in [0.4, 0.5) is 0 Å². The van der Waals surface area contributed by atoms with Gasteiger partial charge in [0.05, 0.1) is 0 Å². The maximum absolute atomic E-state index is 4.89. The van der Waals surface area contributed by atoms with E-state index in [-0.39, 0.29) is 5.41 Å². The molecule has 0 bridgehead atoms. The van der Waals surface area contributed by atoms with Crippen molar-refractivity contribution in [3.63, 3.8) is 0 Å². The maximum Gasteiger partial charge on any atom is 0.138 e. The van der Waals surface area contributed by atoms with Crippen LogP contribution in [-0.4, -0.2) is 14.8 Å². The number of rotatable bonds is 1. The number of aromatic nitrogens is 3. The molecular weight excluding hydrogens is 377 g/mol. The Kier molecular flexibility index (Phi) is 7.38. The second-order valence-corrected chi connectivity index (χ2v) is 8.22. The molecular formula is C18H17Cl2N3Ti-2. The molecule has 0 saturated carbocycles. The Balaban J connectivity index is 0.000000176. The quantitative estimate of drug-likeness (QED) is 0.406. The summed E-state index contributed by atoms with van der Waals surface area (Å²) < 4.78 is 1.76. The molecule has 1 aliphatic carbocycles. The molecule has 0 spiro atoms. The summed E-state index contributed by atoms with van der Waals surface area (Å²) in [5.74, 6) is 0. The van der Waals surface area contributed by atoms with E-state index in [1.54, 1.807) is 11.0 Å². The molecule has 0 saturated heterocycles. The van der Waals surface area contributed by atoms with Crippen LogP contribution in [0.3, 0.4) is 0 Å². The van der Waals surface area contributed by atoms with Gasteiger partial charge < -0.3 is 0 Å². The van der Waals surface area contributed by atoms with E-state index in [1.807, 2.05) is 24.3 Å². The first kappa shape index (κ1) is 19.1. The van der Waals surface area contributed by atoms with Crippen LogP contribution in [-0.2, 0) is 17.0 Å². The van der Waals surface area contributed by atoms with E-state index < -0.39 is 17.0 Å². The largest absolute Gasteiger partial charge is 0.240 e. The van der Waals surface area contributed by atoms with E-state index in [2.05, 4.69) is 60.3 Å². The van der Waals surface area contributed by atoms with Gasteiger partial charge in [0.2, 0.25) is 0 Å². The van der Waals surface area contributed by atoms with E-state index in [1.165, 1.54) is 17.1 Å². The molecule has 0 N–H and O–H groups in total. The number of fused-ring (bicyclic) bond motifs is 1. The van der Waals surface area contributed by atoms with Crippen molar-refractivity contribution < 1.29 is 17.0 Å². The fraction of sp³-hybridized carbons (Fsp3) is 0.167. The molecule has 1 aromatic heterocycles. The predicted octanol–water partition coefficient (Wildman–Crippen LogP) is 5.46. The van der Waals surface area contributed by atoms with Crippen molar-refractivity contribution in [3.05, 3.63) is 73.4 Å². The second kappa shape index (κ2) is 9.29. The first-order valence-corrected chi connectivity index (χ1v) is 11.6. The zero-order valence-corrected chi connectivity index (χ0v) is 16.5. The average molecular weight is 394 g/mol. The summed E-state index contributed by atoms with van der Waals surface area (Å²) in [5, 5.41) is 6.56. The zero-order valence-electron chi connectivity index (χ0n) is 13.4. The van der Waals surface area contributed by atoms with Crippen LogP contribution in [0, 0.1) is 11.5 Å². The van der Waals surface area contributed by atoms with Gasteiger partial charge in [0.25, 0.3) is 0 Å². The Labute approximate surface area is 159 Å². The van der Waals surface area contributed by atoms with Gasteiger partial charge in [-0.15, -0.1) is 41.1 Å². The van der Waals surface area contributed by atoms with Crippen LogP contribution >= 0.6 is 18.6 Å². The predicted molar refractivity (Wildman–Crippen MR) is 96.9 cm³/mol. The van der Waals surface area contributed by atoms with Gasteiger partial charge in [-0.25, -0.2) is 21.8 Å². The molecule has 0 fully saturated rings. The number of nitrogens with zero attached hydrogens (tertiary/aromatic N) is 3. The zero-order chi connectivity index (χ0) is 17.4. The minimum absolute atomic E-state index is 0.208. The molecule has 1 aliphatic rings. The topological polar surface area (TPSA) is 30.7 Å². The summed E-state index contributed by atoms with van der Waals surface area (Å²) in [6.07, 6.45) is 12.5. The van der Waals surface area contributed by atoms with Gasteiger partial charge in [0, 0.05) is 0 Å². The average Bonchev–Trinajstić information content (AvgIpc) is 3.27. The van der Waals surface area contributed by atoms with Gasteiger partial charge in [0.1, 0.15) is 12.7 Å². The summed E-state index contributed by atoms with van der Waals surface area (Å²) in [6.45, 7) is 4.26. The Bertz CT molecular complexity index is 758. The summed E-state index contributed by atoms with van der Waals surface area (Å²) in [5.41, 5.74) is 1.27.